The Balaban J connectivity index is 2.34. The van der Waals surface area contributed by atoms with Crippen LogP contribution in [-0.2, 0) is 0 Å². The predicted octanol–water partition coefficient (Wildman–Crippen LogP) is 1.99. The topological polar surface area (TPSA) is 12.0 Å². The Kier molecular flexibility index (Phi) is 3.26. The number of hydrogen-bond donors (Lipinski definition) is 1. The highest BCUT2D eigenvalue weighted by atomic mass is 32.2. The first-order valence-electron chi connectivity index (χ1n) is 4.41. The van der Waals surface area contributed by atoms with E-state index in [0.29, 0.717) is 5.41 Å². The fraction of sp³-hybridized carbons (Fsp3) is 1.00. The SMILES string of the molecule is CSCCC1(C(C)C)CNC1. The van der Waals surface area contributed by atoms with Crippen LogP contribution in [0.2, 0.25) is 0 Å². The molecule has 0 aromatic rings. The average molecular weight is 173 g/mol. The number of rotatable bonds is 4. The lowest BCUT2D eigenvalue weighted by Crippen LogP contribution is -2.56. The molecule has 1 aliphatic heterocycles. The molecule has 1 rings (SSSR count). The molecule has 0 aliphatic carbocycles. The van der Waals surface area contributed by atoms with Gasteiger partial charge in [-0.1, -0.05) is 13.8 Å². The highest BCUT2D eigenvalue weighted by molar-refractivity contribution is 7.98. The maximum absolute atomic E-state index is 3.38. The van der Waals surface area contributed by atoms with Gasteiger partial charge in [-0.15, -0.1) is 0 Å². The lowest BCUT2D eigenvalue weighted by Gasteiger charge is -2.46. The zero-order chi connectivity index (χ0) is 8.32. The van der Waals surface area contributed by atoms with Crippen molar-refractivity contribution >= 4 is 11.8 Å². The van der Waals surface area contributed by atoms with Crippen LogP contribution in [0.25, 0.3) is 0 Å². The number of hydrogen-bond acceptors (Lipinski definition) is 2. The Morgan fingerprint density at radius 2 is 2.09 bits per heavy atom. The summed E-state index contributed by atoms with van der Waals surface area (Å²) in [6.07, 6.45) is 3.58. The molecule has 0 atom stereocenters. The van der Waals surface area contributed by atoms with Crippen molar-refractivity contribution in [2.75, 3.05) is 25.1 Å². The van der Waals surface area contributed by atoms with Gasteiger partial charge in [-0.25, -0.2) is 0 Å². The first-order chi connectivity index (χ1) is 5.21. The fourth-order valence-electron chi connectivity index (χ4n) is 1.63. The van der Waals surface area contributed by atoms with Gasteiger partial charge in [-0.2, -0.15) is 11.8 Å². The van der Waals surface area contributed by atoms with E-state index in [-0.39, 0.29) is 0 Å². The van der Waals surface area contributed by atoms with Crippen LogP contribution in [0.3, 0.4) is 0 Å². The van der Waals surface area contributed by atoms with E-state index >= 15 is 0 Å². The zero-order valence-electron chi connectivity index (χ0n) is 7.81. The summed E-state index contributed by atoms with van der Waals surface area (Å²) in [4.78, 5) is 0. The predicted molar refractivity (Wildman–Crippen MR) is 53.1 cm³/mol. The van der Waals surface area contributed by atoms with Crippen LogP contribution >= 0.6 is 11.8 Å². The zero-order valence-corrected chi connectivity index (χ0v) is 8.63. The Morgan fingerprint density at radius 3 is 2.36 bits per heavy atom. The van der Waals surface area contributed by atoms with Crippen LogP contribution in [0.1, 0.15) is 20.3 Å². The van der Waals surface area contributed by atoms with E-state index in [1.165, 1.54) is 25.3 Å². The van der Waals surface area contributed by atoms with E-state index in [0.717, 1.165) is 5.92 Å². The second-order valence-corrected chi connectivity index (χ2v) is 4.85. The van der Waals surface area contributed by atoms with Crippen LogP contribution in [0.5, 0.6) is 0 Å². The molecule has 11 heavy (non-hydrogen) atoms. The summed E-state index contributed by atoms with van der Waals surface area (Å²) in [6, 6.07) is 0. The second kappa shape index (κ2) is 3.81. The van der Waals surface area contributed by atoms with Gasteiger partial charge in [0.05, 0.1) is 0 Å². The molecule has 1 fully saturated rings. The maximum atomic E-state index is 3.38. The largest absolute Gasteiger partial charge is 0.316 e. The third kappa shape index (κ3) is 1.91. The first kappa shape index (κ1) is 9.40. The smallest absolute Gasteiger partial charge is 0.00230 e. The van der Waals surface area contributed by atoms with Gasteiger partial charge in [-0.3, -0.25) is 0 Å². The Labute approximate surface area is 74.3 Å². The van der Waals surface area contributed by atoms with Gasteiger partial charge < -0.3 is 5.32 Å². The summed E-state index contributed by atoms with van der Waals surface area (Å²) in [5, 5.41) is 3.38. The minimum absolute atomic E-state index is 0.642. The van der Waals surface area contributed by atoms with Crippen LogP contribution < -0.4 is 5.32 Å². The van der Waals surface area contributed by atoms with Crippen LogP contribution in [0, 0.1) is 11.3 Å². The molecule has 2 heteroatoms. The molecular formula is C9H19NS. The van der Waals surface area contributed by atoms with Gasteiger partial charge in [0.25, 0.3) is 0 Å². The van der Waals surface area contributed by atoms with Crippen molar-refractivity contribution in [2.24, 2.45) is 11.3 Å². The monoisotopic (exact) mass is 173 g/mol. The van der Waals surface area contributed by atoms with E-state index in [4.69, 9.17) is 0 Å². The lowest BCUT2D eigenvalue weighted by molar-refractivity contribution is 0.0956. The summed E-state index contributed by atoms with van der Waals surface area (Å²) in [5.74, 6) is 2.16. The average Bonchev–Trinajstić information content (AvgIpc) is 1.85. The molecule has 1 nitrogen and oxygen atoms in total. The van der Waals surface area contributed by atoms with Gasteiger partial charge >= 0.3 is 0 Å². The minimum Gasteiger partial charge on any atom is -0.316 e. The Bertz CT molecular complexity index is 119. The van der Waals surface area contributed by atoms with Crippen molar-refractivity contribution in [3.8, 4) is 0 Å². The summed E-state index contributed by atoms with van der Waals surface area (Å²) in [7, 11) is 0. The Hall–Kier alpha value is 0.310. The molecule has 0 spiro atoms. The molecule has 0 radical (unpaired) electrons. The van der Waals surface area contributed by atoms with Crippen molar-refractivity contribution in [1.82, 2.24) is 5.32 Å². The number of thioether (sulfide) groups is 1. The molecular weight excluding hydrogens is 154 g/mol. The molecule has 0 bridgehead atoms. The van der Waals surface area contributed by atoms with Crippen molar-refractivity contribution in [2.45, 2.75) is 20.3 Å². The van der Waals surface area contributed by atoms with Gasteiger partial charge in [0.1, 0.15) is 0 Å². The van der Waals surface area contributed by atoms with Gasteiger partial charge in [0.15, 0.2) is 0 Å². The minimum atomic E-state index is 0.642. The van der Waals surface area contributed by atoms with E-state index in [9.17, 15) is 0 Å². The molecule has 1 N–H and O–H groups in total. The van der Waals surface area contributed by atoms with Crippen molar-refractivity contribution < 1.29 is 0 Å². The van der Waals surface area contributed by atoms with E-state index in [1.54, 1.807) is 0 Å². The fourth-order valence-corrected chi connectivity index (χ4v) is 2.24. The lowest BCUT2D eigenvalue weighted by atomic mass is 9.70. The third-order valence-corrected chi connectivity index (χ3v) is 3.60. The standard InChI is InChI=1S/C9H19NS/c1-8(2)9(4-5-11-3)6-10-7-9/h8,10H,4-7H2,1-3H3. The van der Waals surface area contributed by atoms with Crippen LogP contribution in [0.4, 0.5) is 0 Å². The van der Waals surface area contributed by atoms with Gasteiger partial charge in [-0.05, 0) is 29.8 Å². The van der Waals surface area contributed by atoms with E-state index in [1.807, 2.05) is 11.8 Å². The van der Waals surface area contributed by atoms with Gasteiger partial charge in [0.2, 0.25) is 0 Å². The maximum Gasteiger partial charge on any atom is 0.00230 e. The third-order valence-electron chi connectivity index (χ3n) is 2.98. The Morgan fingerprint density at radius 1 is 1.45 bits per heavy atom. The molecule has 1 aliphatic rings. The summed E-state index contributed by atoms with van der Waals surface area (Å²) in [6.45, 7) is 7.18. The number of nitrogens with one attached hydrogen (secondary N) is 1. The summed E-state index contributed by atoms with van der Waals surface area (Å²) >= 11 is 1.97. The summed E-state index contributed by atoms with van der Waals surface area (Å²) in [5.41, 5.74) is 0.642. The molecule has 1 saturated heterocycles. The van der Waals surface area contributed by atoms with Crippen molar-refractivity contribution in [1.29, 1.82) is 0 Å². The highest BCUT2D eigenvalue weighted by Crippen LogP contribution is 2.36. The van der Waals surface area contributed by atoms with Crippen molar-refractivity contribution in [3.05, 3.63) is 0 Å². The van der Waals surface area contributed by atoms with Crippen molar-refractivity contribution in [3.63, 3.8) is 0 Å². The molecule has 0 unspecified atom stereocenters. The highest BCUT2D eigenvalue weighted by Gasteiger charge is 2.38. The molecule has 0 saturated carbocycles. The molecule has 0 aromatic heterocycles. The molecule has 66 valence electrons. The van der Waals surface area contributed by atoms with Crippen LogP contribution in [-0.4, -0.2) is 25.1 Å². The van der Waals surface area contributed by atoms with E-state index < -0.39 is 0 Å². The van der Waals surface area contributed by atoms with E-state index in [2.05, 4.69) is 25.4 Å². The normalized spacial score (nSPS) is 21.8. The summed E-state index contributed by atoms with van der Waals surface area (Å²) < 4.78 is 0. The first-order valence-corrected chi connectivity index (χ1v) is 5.80. The van der Waals surface area contributed by atoms with Gasteiger partial charge in [0, 0.05) is 13.1 Å². The van der Waals surface area contributed by atoms with Crippen LogP contribution in [0.15, 0.2) is 0 Å². The quantitative estimate of drug-likeness (QED) is 0.698. The molecule has 1 heterocycles. The molecule has 0 amide bonds. The second-order valence-electron chi connectivity index (χ2n) is 3.86. The molecule has 0 aromatic carbocycles.